The molecule has 0 aliphatic carbocycles. The first-order chi connectivity index (χ1) is 15.0. The number of hydrogen-bond acceptors (Lipinski definition) is 5. The van der Waals surface area contributed by atoms with Crippen LogP contribution < -0.4 is 10.6 Å². The van der Waals surface area contributed by atoms with Crippen molar-refractivity contribution in [1.82, 2.24) is 30.6 Å². The number of guanidine groups is 1. The van der Waals surface area contributed by atoms with Gasteiger partial charge < -0.3 is 15.2 Å². The Morgan fingerprint density at radius 2 is 1.91 bits per heavy atom. The number of aromatic nitrogens is 4. The maximum Gasteiger partial charge on any atom is 0.191 e. The summed E-state index contributed by atoms with van der Waals surface area (Å²) in [4.78, 5) is 9.21. The van der Waals surface area contributed by atoms with Crippen LogP contribution in [0.2, 0.25) is 0 Å². The molecule has 0 aromatic carbocycles. The van der Waals surface area contributed by atoms with Crippen LogP contribution in [-0.2, 0) is 13.1 Å². The van der Waals surface area contributed by atoms with Crippen molar-refractivity contribution in [3.8, 4) is 5.82 Å². The SMILES string of the molecule is CCNC(=NCc1ccc(-n2nc(C)cc2C)nc1)NCc1cc(C(CC)CC)no1.I. The van der Waals surface area contributed by atoms with Crippen LogP contribution in [0.1, 0.15) is 67.9 Å². The summed E-state index contributed by atoms with van der Waals surface area (Å²) < 4.78 is 7.34. The van der Waals surface area contributed by atoms with Crippen molar-refractivity contribution in [1.29, 1.82) is 0 Å². The Kier molecular flexibility index (Phi) is 10.1. The van der Waals surface area contributed by atoms with Crippen molar-refractivity contribution >= 4 is 29.9 Å². The Bertz CT molecular complexity index is 990. The van der Waals surface area contributed by atoms with Crippen LogP contribution in [0.5, 0.6) is 0 Å². The molecule has 2 N–H and O–H groups in total. The summed E-state index contributed by atoms with van der Waals surface area (Å²) in [6.07, 6.45) is 3.97. The molecule has 32 heavy (non-hydrogen) atoms. The predicted octanol–water partition coefficient (Wildman–Crippen LogP) is 4.65. The largest absolute Gasteiger partial charge is 0.359 e. The van der Waals surface area contributed by atoms with Crippen molar-refractivity contribution in [2.75, 3.05) is 6.54 Å². The molecule has 0 aliphatic heterocycles. The molecule has 0 saturated heterocycles. The van der Waals surface area contributed by atoms with Gasteiger partial charge in [-0.2, -0.15) is 5.10 Å². The number of aryl methyl sites for hydroxylation is 2. The molecule has 0 radical (unpaired) electrons. The second kappa shape index (κ2) is 12.6. The maximum absolute atomic E-state index is 5.49. The van der Waals surface area contributed by atoms with E-state index < -0.39 is 0 Å². The molecule has 174 valence electrons. The lowest BCUT2D eigenvalue weighted by Gasteiger charge is -2.10. The molecule has 3 aromatic heterocycles. The number of hydrogen-bond donors (Lipinski definition) is 2. The second-order valence-electron chi connectivity index (χ2n) is 7.64. The first-order valence-electron chi connectivity index (χ1n) is 11.0. The van der Waals surface area contributed by atoms with Crippen LogP contribution in [-0.4, -0.2) is 32.4 Å². The molecule has 3 rings (SSSR count). The van der Waals surface area contributed by atoms with E-state index in [9.17, 15) is 0 Å². The first kappa shape index (κ1) is 25.8. The molecule has 0 fully saturated rings. The van der Waals surface area contributed by atoms with E-state index in [0.29, 0.717) is 19.0 Å². The van der Waals surface area contributed by atoms with Crippen molar-refractivity contribution < 1.29 is 4.52 Å². The van der Waals surface area contributed by atoms with Crippen LogP contribution in [0, 0.1) is 13.8 Å². The van der Waals surface area contributed by atoms with Crippen molar-refractivity contribution in [3.05, 3.63) is 58.9 Å². The quantitative estimate of drug-likeness (QED) is 0.229. The first-order valence-corrected chi connectivity index (χ1v) is 11.0. The smallest absolute Gasteiger partial charge is 0.191 e. The minimum absolute atomic E-state index is 0. The molecule has 0 amide bonds. The number of rotatable bonds is 9. The maximum atomic E-state index is 5.49. The lowest BCUT2D eigenvalue weighted by Crippen LogP contribution is -2.36. The van der Waals surface area contributed by atoms with Gasteiger partial charge in [0, 0.05) is 30.4 Å². The summed E-state index contributed by atoms with van der Waals surface area (Å²) in [5, 5.41) is 15.3. The fraction of sp³-hybridized carbons (Fsp3) is 0.478. The van der Waals surface area contributed by atoms with Gasteiger partial charge in [-0.05, 0) is 51.3 Å². The van der Waals surface area contributed by atoms with Gasteiger partial charge in [0.05, 0.1) is 24.5 Å². The molecule has 9 heteroatoms. The van der Waals surface area contributed by atoms with Gasteiger partial charge in [-0.1, -0.05) is 25.1 Å². The van der Waals surface area contributed by atoms with E-state index in [2.05, 4.69) is 44.7 Å². The fourth-order valence-corrected chi connectivity index (χ4v) is 3.49. The summed E-state index contributed by atoms with van der Waals surface area (Å²) in [6.45, 7) is 12.2. The van der Waals surface area contributed by atoms with Gasteiger partial charge in [-0.3, -0.25) is 0 Å². The normalized spacial score (nSPS) is 11.5. The highest BCUT2D eigenvalue weighted by Gasteiger charge is 2.13. The predicted molar refractivity (Wildman–Crippen MR) is 138 cm³/mol. The van der Waals surface area contributed by atoms with Gasteiger partial charge in [0.1, 0.15) is 0 Å². The van der Waals surface area contributed by atoms with Crippen LogP contribution in [0.4, 0.5) is 0 Å². The zero-order valence-electron chi connectivity index (χ0n) is 19.6. The summed E-state index contributed by atoms with van der Waals surface area (Å²) in [5.41, 5.74) is 4.10. The zero-order valence-corrected chi connectivity index (χ0v) is 21.9. The van der Waals surface area contributed by atoms with Crippen LogP contribution >= 0.6 is 24.0 Å². The highest BCUT2D eigenvalue weighted by atomic mass is 127. The molecule has 0 saturated carbocycles. The van der Waals surface area contributed by atoms with Crippen molar-refractivity contribution in [2.24, 2.45) is 4.99 Å². The molecule has 0 aliphatic rings. The highest BCUT2D eigenvalue weighted by molar-refractivity contribution is 14.0. The Balaban J connectivity index is 0.00000363. The number of halogens is 1. The summed E-state index contributed by atoms with van der Waals surface area (Å²) >= 11 is 0. The number of pyridine rings is 1. The number of nitrogens with zero attached hydrogens (tertiary/aromatic N) is 5. The van der Waals surface area contributed by atoms with Crippen molar-refractivity contribution in [2.45, 2.75) is 66.5 Å². The van der Waals surface area contributed by atoms with E-state index in [1.54, 1.807) is 0 Å². The number of nitrogens with one attached hydrogen (secondary N) is 2. The molecule has 0 bridgehead atoms. The lowest BCUT2D eigenvalue weighted by molar-refractivity contribution is 0.368. The van der Waals surface area contributed by atoms with E-state index in [-0.39, 0.29) is 24.0 Å². The highest BCUT2D eigenvalue weighted by Crippen LogP contribution is 2.22. The molecule has 3 aromatic rings. The van der Waals surface area contributed by atoms with E-state index in [1.165, 1.54) is 0 Å². The van der Waals surface area contributed by atoms with Crippen LogP contribution in [0.15, 0.2) is 40.0 Å². The van der Waals surface area contributed by atoms with E-state index in [4.69, 9.17) is 4.52 Å². The summed E-state index contributed by atoms with van der Waals surface area (Å²) in [7, 11) is 0. The summed E-state index contributed by atoms with van der Waals surface area (Å²) in [5.74, 6) is 2.79. The third-order valence-electron chi connectivity index (χ3n) is 5.21. The van der Waals surface area contributed by atoms with Gasteiger partial charge in [-0.25, -0.2) is 14.7 Å². The van der Waals surface area contributed by atoms with Gasteiger partial charge in [0.15, 0.2) is 17.5 Å². The van der Waals surface area contributed by atoms with Gasteiger partial charge in [0.2, 0.25) is 0 Å². The minimum Gasteiger partial charge on any atom is -0.359 e. The summed E-state index contributed by atoms with van der Waals surface area (Å²) in [6, 6.07) is 8.08. The lowest BCUT2D eigenvalue weighted by atomic mass is 9.99. The third kappa shape index (κ3) is 6.78. The Morgan fingerprint density at radius 3 is 2.50 bits per heavy atom. The van der Waals surface area contributed by atoms with E-state index in [1.807, 2.05) is 55.9 Å². The van der Waals surface area contributed by atoms with Crippen molar-refractivity contribution in [3.63, 3.8) is 0 Å². The number of aliphatic imine (C=N–C) groups is 1. The standard InChI is InChI=1S/C23H33N7O.HI/c1-6-19(7-2)21-12-20(31-29-21)15-27-23(24-8-3)26-14-18-9-10-22(25-13-18)30-17(5)11-16(4)28-30;/h9-13,19H,6-8,14-15H2,1-5H3,(H2,24,26,27);1H. The Morgan fingerprint density at radius 1 is 1.12 bits per heavy atom. The van der Waals surface area contributed by atoms with Gasteiger partial charge in [0.25, 0.3) is 0 Å². The average molecular weight is 551 g/mol. The molecule has 3 heterocycles. The topological polar surface area (TPSA) is 93.2 Å². The molecule has 8 nitrogen and oxygen atoms in total. The van der Waals surface area contributed by atoms with Gasteiger partial charge in [-0.15, -0.1) is 24.0 Å². The fourth-order valence-electron chi connectivity index (χ4n) is 3.49. The molecule has 0 unspecified atom stereocenters. The Hall–Kier alpha value is -2.43. The average Bonchev–Trinajstić information content (AvgIpc) is 3.37. The molecular weight excluding hydrogens is 517 g/mol. The van der Waals surface area contributed by atoms with Crippen LogP contribution in [0.25, 0.3) is 5.82 Å². The minimum atomic E-state index is 0. The van der Waals surface area contributed by atoms with E-state index in [0.717, 1.165) is 59.6 Å². The van der Waals surface area contributed by atoms with E-state index >= 15 is 0 Å². The zero-order chi connectivity index (χ0) is 22.2. The molecular formula is C23H34IN7O. The monoisotopic (exact) mass is 551 g/mol. The molecule has 0 spiro atoms. The Labute approximate surface area is 207 Å². The second-order valence-corrected chi connectivity index (χ2v) is 7.64. The third-order valence-corrected chi connectivity index (χ3v) is 5.21. The van der Waals surface area contributed by atoms with Gasteiger partial charge >= 0.3 is 0 Å². The molecule has 0 atom stereocenters. The van der Waals surface area contributed by atoms with Crippen LogP contribution in [0.3, 0.4) is 0 Å².